The van der Waals surface area contributed by atoms with Gasteiger partial charge in [-0.15, -0.1) is 11.3 Å². The van der Waals surface area contributed by atoms with Crippen LogP contribution < -0.4 is 0 Å². The van der Waals surface area contributed by atoms with Gasteiger partial charge in [0.05, 0.1) is 18.7 Å². The fourth-order valence-corrected chi connectivity index (χ4v) is 1.57. The average molecular weight is 200 g/mol. The van der Waals surface area contributed by atoms with Gasteiger partial charge in [-0.05, 0) is 0 Å². The first-order valence-corrected chi connectivity index (χ1v) is 4.75. The maximum atomic E-state index is 11.2. The number of aromatic nitrogens is 1. The molecule has 0 unspecified atom stereocenters. The second-order valence-corrected chi connectivity index (χ2v) is 3.80. The Hall–Kier alpha value is -0.940. The molecule has 0 radical (unpaired) electrons. The van der Waals surface area contributed by atoms with Crippen LogP contribution in [0.4, 0.5) is 0 Å². The predicted molar refractivity (Wildman–Crippen MR) is 50.4 cm³/mol. The summed E-state index contributed by atoms with van der Waals surface area (Å²) in [4.78, 5) is 16.8. The Bertz CT molecular complexity index is 296. The van der Waals surface area contributed by atoms with Crippen molar-refractivity contribution in [2.75, 3.05) is 14.1 Å². The van der Waals surface area contributed by atoms with Gasteiger partial charge >= 0.3 is 0 Å². The van der Waals surface area contributed by atoms with Crippen molar-refractivity contribution >= 4 is 17.2 Å². The topological polar surface area (TPSA) is 53.4 Å². The van der Waals surface area contributed by atoms with Crippen LogP contribution in [-0.4, -0.2) is 35.0 Å². The van der Waals surface area contributed by atoms with Gasteiger partial charge in [-0.2, -0.15) is 0 Å². The molecule has 1 heterocycles. The molecule has 0 spiro atoms. The summed E-state index contributed by atoms with van der Waals surface area (Å²) in [6.07, 6.45) is 0.317. The van der Waals surface area contributed by atoms with E-state index in [0.717, 1.165) is 5.01 Å². The van der Waals surface area contributed by atoms with Crippen molar-refractivity contribution < 1.29 is 9.90 Å². The summed E-state index contributed by atoms with van der Waals surface area (Å²) in [7, 11) is 3.42. The molecule has 1 aromatic rings. The summed E-state index contributed by atoms with van der Waals surface area (Å²) in [6, 6.07) is 0. The number of amides is 1. The van der Waals surface area contributed by atoms with Crippen LogP contribution in [-0.2, 0) is 17.8 Å². The first-order chi connectivity index (χ1) is 6.13. The third kappa shape index (κ3) is 2.78. The summed E-state index contributed by atoms with van der Waals surface area (Å²) >= 11 is 1.40. The number of thiazole rings is 1. The number of aliphatic hydroxyl groups excluding tert-OH is 1. The lowest BCUT2D eigenvalue weighted by atomic mass is 10.4. The summed E-state index contributed by atoms with van der Waals surface area (Å²) in [5.74, 6) is 0.0267. The number of hydrogen-bond acceptors (Lipinski definition) is 4. The average Bonchev–Trinajstić information content (AvgIpc) is 2.52. The number of likely N-dealkylation sites (N-methyl/N-ethyl adjacent to an activating group) is 1. The molecule has 0 saturated heterocycles. The highest BCUT2D eigenvalue weighted by Crippen LogP contribution is 2.10. The molecule has 72 valence electrons. The number of rotatable bonds is 3. The maximum absolute atomic E-state index is 11.2. The predicted octanol–water partition coefficient (Wildman–Crippen LogP) is 0.266. The van der Waals surface area contributed by atoms with E-state index >= 15 is 0 Å². The van der Waals surface area contributed by atoms with Gasteiger partial charge in [-0.1, -0.05) is 0 Å². The molecule has 0 aliphatic rings. The molecule has 0 atom stereocenters. The van der Waals surface area contributed by atoms with Crippen LogP contribution in [0.1, 0.15) is 10.7 Å². The van der Waals surface area contributed by atoms with Crippen LogP contribution in [0.25, 0.3) is 0 Å². The zero-order valence-electron chi connectivity index (χ0n) is 7.65. The van der Waals surface area contributed by atoms with Crippen molar-refractivity contribution in [3.8, 4) is 0 Å². The zero-order chi connectivity index (χ0) is 9.84. The van der Waals surface area contributed by atoms with Gasteiger partial charge in [0.1, 0.15) is 5.01 Å². The largest absolute Gasteiger partial charge is 0.390 e. The maximum Gasteiger partial charge on any atom is 0.228 e. The van der Waals surface area contributed by atoms with E-state index in [2.05, 4.69) is 4.98 Å². The third-order valence-electron chi connectivity index (χ3n) is 1.56. The highest BCUT2D eigenvalue weighted by Gasteiger charge is 2.08. The second kappa shape index (κ2) is 4.34. The molecule has 1 N–H and O–H groups in total. The van der Waals surface area contributed by atoms with E-state index in [-0.39, 0.29) is 12.5 Å². The van der Waals surface area contributed by atoms with Gasteiger partial charge in [0.2, 0.25) is 5.91 Å². The van der Waals surface area contributed by atoms with Crippen molar-refractivity contribution in [1.82, 2.24) is 9.88 Å². The lowest BCUT2D eigenvalue weighted by Crippen LogP contribution is -2.23. The molecule has 1 rings (SSSR count). The number of carbonyl (C=O) groups is 1. The van der Waals surface area contributed by atoms with Crippen molar-refractivity contribution in [3.05, 3.63) is 16.1 Å². The summed E-state index contributed by atoms with van der Waals surface area (Å²) in [5, 5.41) is 11.3. The molecule has 13 heavy (non-hydrogen) atoms. The molecular weight excluding hydrogens is 188 g/mol. The smallest absolute Gasteiger partial charge is 0.228 e. The van der Waals surface area contributed by atoms with E-state index in [9.17, 15) is 4.79 Å². The first-order valence-electron chi connectivity index (χ1n) is 3.87. The fourth-order valence-electron chi connectivity index (χ4n) is 0.790. The Labute approximate surface area is 80.8 Å². The monoisotopic (exact) mass is 200 g/mol. The molecule has 0 bridgehead atoms. The molecule has 0 fully saturated rings. The Morgan fingerprint density at radius 1 is 1.69 bits per heavy atom. The molecule has 0 aliphatic carbocycles. The van der Waals surface area contributed by atoms with Crippen LogP contribution in [0, 0.1) is 0 Å². The number of nitrogens with zero attached hydrogens (tertiary/aromatic N) is 2. The minimum absolute atomic E-state index is 0.0267. The fraction of sp³-hybridized carbons (Fsp3) is 0.500. The highest BCUT2D eigenvalue weighted by molar-refractivity contribution is 7.09. The van der Waals surface area contributed by atoms with Crippen LogP contribution >= 0.6 is 11.3 Å². The molecule has 0 saturated carbocycles. The SMILES string of the molecule is CN(C)C(=O)Cc1nc(CO)cs1. The summed E-state index contributed by atoms with van der Waals surface area (Å²) in [6.45, 7) is -0.0628. The Balaban J connectivity index is 2.59. The summed E-state index contributed by atoms with van der Waals surface area (Å²) in [5.41, 5.74) is 0.631. The lowest BCUT2D eigenvalue weighted by molar-refractivity contribution is -0.127. The van der Waals surface area contributed by atoms with E-state index in [4.69, 9.17) is 5.11 Å². The zero-order valence-corrected chi connectivity index (χ0v) is 8.47. The van der Waals surface area contributed by atoms with Gasteiger partial charge in [0, 0.05) is 19.5 Å². The van der Waals surface area contributed by atoms with Crippen LogP contribution in [0.15, 0.2) is 5.38 Å². The quantitative estimate of drug-likeness (QED) is 0.761. The van der Waals surface area contributed by atoms with Crippen molar-refractivity contribution in [1.29, 1.82) is 0 Å². The van der Waals surface area contributed by atoms with Gasteiger partial charge in [-0.25, -0.2) is 4.98 Å². The molecule has 1 aromatic heterocycles. The van der Waals surface area contributed by atoms with Crippen LogP contribution in [0.5, 0.6) is 0 Å². The van der Waals surface area contributed by atoms with Crippen molar-refractivity contribution in [2.45, 2.75) is 13.0 Å². The molecule has 5 heteroatoms. The molecular formula is C8H12N2O2S. The first kappa shape index (κ1) is 10.1. The van der Waals surface area contributed by atoms with Gasteiger partial charge < -0.3 is 10.0 Å². The minimum Gasteiger partial charge on any atom is -0.390 e. The molecule has 1 amide bonds. The van der Waals surface area contributed by atoms with Gasteiger partial charge in [0.15, 0.2) is 0 Å². The van der Waals surface area contributed by atoms with E-state index in [1.807, 2.05) is 0 Å². The number of aliphatic hydroxyl groups is 1. The van der Waals surface area contributed by atoms with E-state index in [1.165, 1.54) is 16.2 Å². The molecule has 4 nitrogen and oxygen atoms in total. The molecule has 0 aromatic carbocycles. The Morgan fingerprint density at radius 2 is 2.38 bits per heavy atom. The van der Waals surface area contributed by atoms with Crippen LogP contribution in [0.2, 0.25) is 0 Å². The van der Waals surface area contributed by atoms with E-state index in [0.29, 0.717) is 12.1 Å². The number of carbonyl (C=O) groups excluding carboxylic acids is 1. The van der Waals surface area contributed by atoms with Gasteiger partial charge in [-0.3, -0.25) is 4.79 Å². The Kier molecular flexibility index (Phi) is 3.39. The van der Waals surface area contributed by atoms with Gasteiger partial charge in [0.25, 0.3) is 0 Å². The summed E-state index contributed by atoms with van der Waals surface area (Å²) < 4.78 is 0. The van der Waals surface area contributed by atoms with E-state index in [1.54, 1.807) is 19.5 Å². The minimum atomic E-state index is -0.0628. The normalized spacial score (nSPS) is 10.1. The van der Waals surface area contributed by atoms with Crippen molar-refractivity contribution in [3.63, 3.8) is 0 Å². The second-order valence-electron chi connectivity index (χ2n) is 2.86. The molecule has 0 aliphatic heterocycles. The highest BCUT2D eigenvalue weighted by atomic mass is 32.1. The third-order valence-corrected chi connectivity index (χ3v) is 2.46. The number of hydrogen-bond donors (Lipinski definition) is 1. The Morgan fingerprint density at radius 3 is 2.85 bits per heavy atom. The lowest BCUT2D eigenvalue weighted by Gasteiger charge is -2.07. The van der Waals surface area contributed by atoms with Crippen molar-refractivity contribution in [2.24, 2.45) is 0 Å². The van der Waals surface area contributed by atoms with Crippen LogP contribution in [0.3, 0.4) is 0 Å². The van der Waals surface area contributed by atoms with E-state index < -0.39 is 0 Å². The standard InChI is InChI=1S/C8H12N2O2S/c1-10(2)8(12)3-7-9-6(4-11)5-13-7/h5,11H,3-4H2,1-2H3.